The molecule has 5 aromatic carbocycles. The molecule has 8 amide bonds. The Bertz CT molecular complexity index is 3500. The Kier molecular flexibility index (Phi) is 28.8. The van der Waals surface area contributed by atoms with E-state index in [4.69, 9.17) is 25.7 Å². The first-order valence-electron chi connectivity index (χ1n) is 32.1. The number of carbonyl (C=O) groups excluding carboxylic acids is 8. The Morgan fingerprint density at radius 1 is 0.579 bits per heavy atom. The lowest BCUT2D eigenvalue weighted by Gasteiger charge is -2.27. The lowest BCUT2D eigenvalue weighted by atomic mass is 9.95. The van der Waals surface area contributed by atoms with Gasteiger partial charge in [-0.1, -0.05) is 114 Å². The number of nitrogens with two attached hydrogens (primary N) is 2. The molecule has 25 nitrogen and oxygen atoms in total. The summed E-state index contributed by atoms with van der Waals surface area (Å²) in [4.78, 5) is 127. The van der Waals surface area contributed by atoms with Gasteiger partial charge in [-0.3, -0.25) is 43.2 Å². The number of rotatable bonds is 35. The lowest BCUT2D eigenvalue weighted by molar-refractivity contribution is -0.135. The van der Waals surface area contributed by atoms with Gasteiger partial charge < -0.3 is 83.5 Å². The predicted octanol–water partition coefficient (Wildman–Crippen LogP) is 3.92. The van der Waals surface area contributed by atoms with Crippen LogP contribution in [0.2, 0.25) is 0 Å². The number of ether oxygens (including phenoxy) is 3. The summed E-state index contributed by atoms with van der Waals surface area (Å²) >= 11 is 0. The van der Waals surface area contributed by atoms with Crippen molar-refractivity contribution in [3.63, 3.8) is 0 Å². The highest BCUT2D eigenvalue weighted by molar-refractivity contribution is 6.00. The van der Waals surface area contributed by atoms with E-state index in [2.05, 4.69) is 42.5 Å². The summed E-state index contributed by atoms with van der Waals surface area (Å²) in [5, 5.41) is 51.7. The second kappa shape index (κ2) is 36.8. The van der Waals surface area contributed by atoms with Gasteiger partial charge in [0, 0.05) is 24.4 Å². The number of benzene rings is 4. The van der Waals surface area contributed by atoms with Crippen molar-refractivity contribution >= 4 is 52.9 Å². The van der Waals surface area contributed by atoms with Gasteiger partial charge in [-0.2, -0.15) is 0 Å². The summed E-state index contributed by atoms with van der Waals surface area (Å²) < 4.78 is 17.2. The van der Waals surface area contributed by atoms with Crippen LogP contribution in [0.1, 0.15) is 119 Å². The molecule has 0 bridgehead atoms. The quantitative estimate of drug-likeness (QED) is 0.0273. The first-order valence-corrected chi connectivity index (χ1v) is 32.1. The number of aliphatic hydroxyl groups excluding tert-OH is 1. The Hall–Kier alpha value is -9.59. The highest BCUT2D eigenvalue weighted by Crippen LogP contribution is 2.50. The summed E-state index contributed by atoms with van der Waals surface area (Å²) in [5.41, 5.74) is 16.3. The van der Waals surface area contributed by atoms with Gasteiger partial charge in [0.1, 0.15) is 47.8 Å². The monoisotopic (exact) mass is 1310 g/mol. The number of carbonyl (C=O) groups is 8. The molecule has 8 atom stereocenters. The molecule has 25 heteroatoms. The van der Waals surface area contributed by atoms with Gasteiger partial charge in [0.05, 0.1) is 46.2 Å². The van der Waals surface area contributed by atoms with E-state index in [-0.39, 0.29) is 61.6 Å². The van der Waals surface area contributed by atoms with Crippen LogP contribution in [0.3, 0.4) is 0 Å². The van der Waals surface area contributed by atoms with E-state index < -0.39 is 114 Å². The van der Waals surface area contributed by atoms with Crippen LogP contribution < -0.4 is 73.6 Å². The van der Waals surface area contributed by atoms with Crippen molar-refractivity contribution in [2.24, 2.45) is 17.4 Å². The number of methoxy groups -OCH3 is 3. The molecule has 6 rings (SSSR count). The Morgan fingerprint density at radius 2 is 1.12 bits per heavy atom. The molecular weight excluding hydrogens is 1220 g/mol. The predicted molar refractivity (Wildman–Crippen MR) is 358 cm³/mol. The smallest absolute Gasteiger partial charge is 0.247 e. The second-order valence-corrected chi connectivity index (χ2v) is 24.1. The molecule has 0 spiro atoms. The number of phenolic OH excluding ortho intramolecular Hbond substituents is 2. The molecule has 95 heavy (non-hydrogen) atoms. The molecule has 0 aromatic heterocycles. The van der Waals surface area contributed by atoms with Crippen LogP contribution in [-0.4, -0.2) is 139 Å². The van der Waals surface area contributed by atoms with Gasteiger partial charge in [0.2, 0.25) is 58.4 Å². The standard InChI is InChI=1S/C70H92N10O15/c1-8-10-17-50(72)64(86)80-57(39-81)70(92)76-52(18-11-9-2)65(87)73-38-60(85)74-53(31-23-41-15-13-12-14-16-41)66(88)78-56(35-43-21-27-46(83)28-22-43)69(91)77-54(33-40(3)4)67(89)79-55(34-42-19-25-45(82)26-20-42)68(90)75-51-32-29-47-48(37-58(51)84)49(71)30-24-44-36-59(93-5)62(94-6)63(95-7)61(44)47/h12-16,19-22,25-29,32,36-37,40,49-50,52-57,81-83H,8-11,17-18,23-24,30-31,33-35,38-39,71-72H2,1-7H3,(H,73,87)(H,74,85)(H,76,92)(H,77,91)(H,78,88)(H,79,89)(H,80,86)(H,75,84,90)/t49-,50-,52-,53-,54-,55-,56-,57-/m0/s1. The first-order chi connectivity index (χ1) is 45.5. The zero-order valence-corrected chi connectivity index (χ0v) is 55.0. The van der Waals surface area contributed by atoms with Gasteiger partial charge in [-0.25, -0.2) is 0 Å². The third-order valence-electron chi connectivity index (χ3n) is 16.3. The second-order valence-electron chi connectivity index (χ2n) is 24.1. The molecular formula is C70H92N10O15. The summed E-state index contributed by atoms with van der Waals surface area (Å²) in [6.07, 6.45) is 3.94. The van der Waals surface area contributed by atoms with E-state index in [1.54, 1.807) is 42.5 Å². The Labute approximate surface area is 553 Å². The molecule has 0 unspecified atom stereocenters. The number of fused-ring (bicyclic) bond motifs is 3. The number of phenols is 2. The van der Waals surface area contributed by atoms with Crippen molar-refractivity contribution in [1.82, 2.24) is 37.2 Å². The zero-order valence-electron chi connectivity index (χ0n) is 55.0. The van der Waals surface area contributed by atoms with Gasteiger partial charge in [-0.15, -0.1) is 0 Å². The number of aromatic hydroxyl groups is 2. The first kappa shape index (κ1) is 74.4. The van der Waals surface area contributed by atoms with Gasteiger partial charge in [0.15, 0.2) is 11.5 Å². The van der Waals surface area contributed by atoms with E-state index >= 15 is 0 Å². The summed E-state index contributed by atoms with van der Waals surface area (Å²) in [5.74, 6) is -5.61. The normalized spacial score (nSPS) is 14.6. The van der Waals surface area contributed by atoms with Crippen LogP contribution in [0.15, 0.2) is 108 Å². The molecule has 0 fully saturated rings. The summed E-state index contributed by atoms with van der Waals surface area (Å²) in [6, 6.07) is 17.5. The minimum Gasteiger partial charge on any atom is -0.508 e. The average Bonchev–Trinajstić information content (AvgIpc) is 1.72. The fraction of sp³-hybridized carbons (Fsp3) is 0.443. The van der Waals surface area contributed by atoms with Gasteiger partial charge in [0.25, 0.3) is 0 Å². The molecule has 0 heterocycles. The average molecular weight is 1310 g/mol. The highest BCUT2D eigenvalue weighted by atomic mass is 16.5. The van der Waals surface area contributed by atoms with Crippen LogP contribution in [0, 0.1) is 5.92 Å². The third kappa shape index (κ3) is 21.7. The minimum atomic E-state index is -1.45. The van der Waals surface area contributed by atoms with E-state index in [9.17, 15) is 58.5 Å². The van der Waals surface area contributed by atoms with Crippen LogP contribution in [-0.2, 0) is 64.0 Å². The van der Waals surface area contributed by atoms with Crippen molar-refractivity contribution in [1.29, 1.82) is 0 Å². The molecule has 1 aliphatic carbocycles. The van der Waals surface area contributed by atoms with Gasteiger partial charge >= 0.3 is 0 Å². The van der Waals surface area contributed by atoms with E-state index in [1.807, 2.05) is 52.0 Å². The number of unbranched alkanes of at least 4 members (excludes halogenated alkanes) is 2. The fourth-order valence-electron chi connectivity index (χ4n) is 11.1. The van der Waals surface area contributed by atoms with E-state index in [0.717, 1.165) is 17.5 Å². The van der Waals surface area contributed by atoms with E-state index in [1.165, 1.54) is 57.7 Å². The summed E-state index contributed by atoms with van der Waals surface area (Å²) in [6.45, 7) is 5.98. The maximum atomic E-state index is 14.9. The molecule has 0 radical (unpaired) electrons. The largest absolute Gasteiger partial charge is 0.508 e. The topological polar surface area (TPSA) is 390 Å². The number of hydrogen-bond acceptors (Lipinski definition) is 17. The van der Waals surface area contributed by atoms with Crippen molar-refractivity contribution in [3.8, 4) is 39.9 Å². The maximum Gasteiger partial charge on any atom is 0.247 e. The molecule has 1 aliphatic rings. The fourth-order valence-corrected chi connectivity index (χ4v) is 11.1. The lowest BCUT2D eigenvalue weighted by Crippen LogP contribution is -2.59. The van der Waals surface area contributed by atoms with Crippen LogP contribution in [0.25, 0.3) is 11.1 Å². The van der Waals surface area contributed by atoms with Crippen LogP contribution in [0.5, 0.6) is 28.7 Å². The van der Waals surface area contributed by atoms with Crippen molar-refractivity contribution in [2.75, 3.05) is 39.8 Å². The molecule has 0 saturated heterocycles. The Balaban J connectivity index is 1.25. The third-order valence-corrected chi connectivity index (χ3v) is 16.3. The molecule has 15 N–H and O–H groups in total. The number of anilines is 1. The van der Waals surface area contributed by atoms with Crippen molar-refractivity contribution in [2.45, 2.75) is 160 Å². The molecule has 5 aromatic rings. The van der Waals surface area contributed by atoms with E-state index in [0.29, 0.717) is 83.6 Å². The number of hydrogen-bond donors (Lipinski definition) is 13. The van der Waals surface area contributed by atoms with Gasteiger partial charge in [-0.05, 0) is 127 Å². The number of nitrogens with one attached hydrogen (secondary N) is 8. The minimum absolute atomic E-state index is 0.00396. The number of aliphatic hydroxyl groups is 1. The maximum absolute atomic E-state index is 14.9. The molecule has 0 saturated carbocycles. The summed E-state index contributed by atoms with van der Waals surface area (Å²) in [7, 11) is 4.47. The molecule has 0 aliphatic heterocycles. The molecule has 512 valence electrons. The SMILES string of the molecule is CCCC[C@H](NC(=O)[C@H](CO)NC(=O)[C@@H](N)CCCC)C(=O)NCC(=O)N[C@@H](CCc1ccccc1)C(=O)N[C@@H](Cc1ccc(O)cc1)C(=O)N[C@@H](CC(C)C)C(=O)N[C@@H](Cc1ccc(O)cc1)C(=O)Nc1ccc2c(cc1=O)[C@@H](N)CCc1cc(OC)c(OC)c(OC)c1-2. The van der Waals surface area contributed by atoms with Crippen LogP contribution >= 0.6 is 0 Å². The van der Waals surface area contributed by atoms with Crippen molar-refractivity contribution < 1.29 is 67.9 Å². The number of aryl methyl sites for hydroxylation is 2. The van der Waals surface area contributed by atoms with Crippen LogP contribution in [0.4, 0.5) is 5.69 Å². The zero-order chi connectivity index (χ0) is 69.3. The highest BCUT2D eigenvalue weighted by Gasteiger charge is 2.35. The Morgan fingerprint density at radius 3 is 1.69 bits per heavy atom. The number of amides is 8. The van der Waals surface area contributed by atoms with Crippen molar-refractivity contribution in [3.05, 3.63) is 141 Å².